The smallest absolute Gasteiger partial charge is 0.261 e. The van der Waals surface area contributed by atoms with E-state index in [4.69, 9.17) is 9.47 Å². The van der Waals surface area contributed by atoms with E-state index in [0.717, 1.165) is 0 Å². The molecule has 11 nitrogen and oxygen atoms in total. The minimum atomic E-state index is -3.96. The highest BCUT2D eigenvalue weighted by Crippen LogP contribution is 2.31. The van der Waals surface area contributed by atoms with Crippen molar-refractivity contribution in [3.63, 3.8) is 0 Å². The van der Waals surface area contributed by atoms with Crippen LogP contribution in [0.3, 0.4) is 0 Å². The molecular formula is C30H37N3O8S2. The number of hydrogen-bond acceptors (Lipinski definition) is 8. The van der Waals surface area contributed by atoms with Crippen LogP contribution in [0.25, 0.3) is 0 Å². The lowest BCUT2D eigenvalue weighted by Gasteiger charge is -2.33. The van der Waals surface area contributed by atoms with Crippen molar-refractivity contribution in [1.82, 2.24) is 9.21 Å². The molecule has 2 N–H and O–H groups in total. The quantitative estimate of drug-likeness (QED) is 0.348. The van der Waals surface area contributed by atoms with Crippen LogP contribution in [-0.2, 0) is 31.3 Å². The third kappa shape index (κ3) is 7.47. The number of nitrogens with one attached hydrogen (secondary N) is 1. The van der Waals surface area contributed by atoms with E-state index >= 15 is 0 Å². The lowest BCUT2D eigenvalue weighted by Crippen LogP contribution is -2.48. The van der Waals surface area contributed by atoms with Crippen LogP contribution in [0, 0.1) is 5.92 Å². The molecule has 3 aromatic carbocycles. The van der Waals surface area contributed by atoms with Crippen molar-refractivity contribution in [3.05, 3.63) is 78.4 Å². The predicted octanol–water partition coefficient (Wildman–Crippen LogP) is 2.97. The Labute approximate surface area is 253 Å². The molecule has 0 bridgehead atoms. The Hall–Kier alpha value is -3.65. The molecule has 43 heavy (non-hydrogen) atoms. The molecule has 13 heteroatoms. The number of hydrogen-bond donors (Lipinski definition) is 2. The summed E-state index contributed by atoms with van der Waals surface area (Å²) in [6, 6.07) is 18.1. The van der Waals surface area contributed by atoms with E-state index < -0.39 is 32.2 Å². The van der Waals surface area contributed by atoms with E-state index in [1.54, 1.807) is 48.2 Å². The van der Waals surface area contributed by atoms with Crippen molar-refractivity contribution < 1.29 is 36.2 Å². The molecule has 0 saturated heterocycles. The number of benzene rings is 3. The maximum atomic E-state index is 13.5. The van der Waals surface area contributed by atoms with Gasteiger partial charge in [0, 0.05) is 30.8 Å². The Morgan fingerprint density at radius 3 is 2.35 bits per heavy atom. The van der Waals surface area contributed by atoms with Crippen LogP contribution < -0.4 is 14.2 Å². The molecular weight excluding hydrogens is 594 g/mol. The van der Waals surface area contributed by atoms with Crippen LogP contribution in [0.1, 0.15) is 19.4 Å². The predicted molar refractivity (Wildman–Crippen MR) is 162 cm³/mol. The van der Waals surface area contributed by atoms with Crippen LogP contribution in [-0.4, -0.2) is 83.1 Å². The standard InChI is InChI=1S/C30H37N3O8S2/c1-21-18-33(22(2)20-34)30(35)17-23-16-24(31-42(36,37)26-13-11-25(40-4)12-14-26)10-15-28(23)41-29(21)19-32(3)43(38,39)27-8-6-5-7-9-27/h5-16,21-22,29,31,34H,17-20H2,1-4H3/t21-,22+,29-/m0/s1. The van der Waals surface area contributed by atoms with Crippen molar-refractivity contribution in [2.45, 2.75) is 42.2 Å². The fourth-order valence-corrected chi connectivity index (χ4v) is 7.06. The van der Waals surface area contributed by atoms with Crippen molar-refractivity contribution in [1.29, 1.82) is 0 Å². The van der Waals surface area contributed by atoms with E-state index in [2.05, 4.69) is 4.72 Å². The van der Waals surface area contributed by atoms with Gasteiger partial charge >= 0.3 is 0 Å². The Morgan fingerprint density at radius 1 is 1.05 bits per heavy atom. The molecule has 0 fully saturated rings. The van der Waals surface area contributed by atoms with E-state index in [0.29, 0.717) is 17.1 Å². The van der Waals surface area contributed by atoms with Gasteiger partial charge in [-0.15, -0.1) is 0 Å². The highest BCUT2D eigenvalue weighted by Gasteiger charge is 2.33. The first-order valence-corrected chi connectivity index (χ1v) is 16.7. The number of amides is 1. The number of ether oxygens (including phenoxy) is 2. The summed E-state index contributed by atoms with van der Waals surface area (Å²) in [5.41, 5.74) is 0.642. The Balaban J connectivity index is 1.67. The second kappa shape index (κ2) is 13.3. The molecule has 0 radical (unpaired) electrons. The zero-order chi connectivity index (χ0) is 31.4. The average Bonchev–Trinajstić information content (AvgIpc) is 3.04. The molecule has 3 atom stereocenters. The number of sulfonamides is 2. The molecule has 0 saturated carbocycles. The molecule has 1 amide bonds. The van der Waals surface area contributed by atoms with Gasteiger partial charge < -0.3 is 19.5 Å². The second-order valence-corrected chi connectivity index (χ2v) is 14.3. The van der Waals surface area contributed by atoms with E-state index in [9.17, 15) is 26.7 Å². The Kier molecular flexibility index (Phi) is 10.0. The monoisotopic (exact) mass is 631 g/mol. The van der Waals surface area contributed by atoms with Crippen molar-refractivity contribution >= 4 is 31.6 Å². The SMILES string of the molecule is COc1ccc(S(=O)(=O)Nc2ccc3c(c2)CC(=O)N([C@H](C)CO)C[C@H](C)[C@H](CN(C)S(=O)(=O)c2ccccc2)O3)cc1. The Bertz CT molecular complexity index is 1630. The number of likely N-dealkylation sites (N-methyl/N-ethyl adjacent to an activating group) is 1. The fraction of sp³-hybridized carbons (Fsp3) is 0.367. The number of carbonyl (C=O) groups excluding carboxylic acids is 1. The van der Waals surface area contributed by atoms with Crippen LogP contribution in [0.5, 0.6) is 11.5 Å². The maximum absolute atomic E-state index is 13.5. The first kappa shape index (κ1) is 32.3. The molecule has 0 unspecified atom stereocenters. The average molecular weight is 632 g/mol. The molecule has 4 rings (SSSR count). The number of aliphatic hydroxyl groups is 1. The molecule has 232 valence electrons. The summed E-state index contributed by atoms with van der Waals surface area (Å²) >= 11 is 0. The lowest BCUT2D eigenvalue weighted by molar-refractivity contribution is -0.134. The summed E-state index contributed by atoms with van der Waals surface area (Å²) in [7, 11) is -4.82. The molecule has 0 aromatic heterocycles. The van der Waals surface area contributed by atoms with E-state index in [1.807, 2.05) is 6.92 Å². The van der Waals surface area contributed by atoms with Gasteiger partial charge in [0.2, 0.25) is 15.9 Å². The van der Waals surface area contributed by atoms with E-state index in [1.165, 1.54) is 54.9 Å². The number of carbonyl (C=O) groups is 1. The number of methoxy groups -OCH3 is 1. The first-order valence-electron chi connectivity index (χ1n) is 13.7. The van der Waals surface area contributed by atoms with Gasteiger partial charge in [-0.05, 0) is 61.5 Å². The second-order valence-electron chi connectivity index (χ2n) is 10.6. The third-order valence-electron chi connectivity index (χ3n) is 7.43. The molecule has 1 aliphatic heterocycles. The van der Waals surface area contributed by atoms with E-state index in [-0.39, 0.29) is 53.4 Å². The molecule has 1 heterocycles. The van der Waals surface area contributed by atoms with Crippen molar-refractivity contribution in [2.24, 2.45) is 5.92 Å². The van der Waals surface area contributed by atoms with Gasteiger partial charge in [0.1, 0.15) is 17.6 Å². The highest BCUT2D eigenvalue weighted by atomic mass is 32.2. The lowest BCUT2D eigenvalue weighted by atomic mass is 10.0. The summed E-state index contributed by atoms with van der Waals surface area (Å²) in [6.07, 6.45) is -0.793. The zero-order valence-corrected chi connectivity index (χ0v) is 26.1. The normalized spacial score (nSPS) is 18.6. The molecule has 0 aliphatic carbocycles. The number of rotatable bonds is 10. The molecule has 0 spiro atoms. The number of aliphatic hydroxyl groups excluding tert-OH is 1. The minimum Gasteiger partial charge on any atom is -0.497 e. The molecule has 3 aromatic rings. The first-order chi connectivity index (χ1) is 20.3. The van der Waals surface area contributed by atoms with Gasteiger partial charge in [0.15, 0.2) is 0 Å². The van der Waals surface area contributed by atoms with Gasteiger partial charge in [0.05, 0.1) is 42.5 Å². The van der Waals surface area contributed by atoms with Gasteiger partial charge in [-0.2, -0.15) is 4.31 Å². The van der Waals surface area contributed by atoms with Crippen LogP contribution >= 0.6 is 0 Å². The van der Waals surface area contributed by atoms with Gasteiger partial charge in [-0.25, -0.2) is 16.8 Å². The van der Waals surface area contributed by atoms with Crippen LogP contribution in [0.2, 0.25) is 0 Å². The van der Waals surface area contributed by atoms with Crippen molar-refractivity contribution in [2.75, 3.05) is 38.6 Å². The van der Waals surface area contributed by atoms with Gasteiger partial charge in [-0.3, -0.25) is 9.52 Å². The summed E-state index contributed by atoms with van der Waals surface area (Å²) in [5.74, 6) is 0.242. The van der Waals surface area contributed by atoms with Crippen LogP contribution in [0.15, 0.2) is 82.6 Å². The van der Waals surface area contributed by atoms with Gasteiger partial charge in [0.25, 0.3) is 10.0 Å². The summed E-state index contributed by atoms with van der Waals surface area (Å²) in [5, 5.41) is 9.88. The van der Waals surface area contributed by atoms with Crippen LogP contribution in [0.4, 0.5) is 5.69 Å². The largest absolute Gasteiger partial charge is 0.497 e. The fourth-order valence-electron chi connectivity index (χ4n) is 4.80. The van der Waals surface area contributed by atoms with Crippen molar-refractivity contribution in [3.8, 4) is 11.5 Å². The maximum Gasteiger partial charge on any atom is 0.261 e. The minimum absolute atomic E-state index is 0.0147. The summed E-state index contributed by atoms with van der Waals surface area (Å²) in [6.45, 7) is 3.53. The number of fused-ring (bicyclic) bond motifs is 1. The Morgan fingerprint density at radius 2 is 1.72 bits per heavy atom. The van der Waals surface area contributed by atoms with Gasteiger partial charge in [-0.1, -0.05) is 25.1 Å². The number of anilines is 1. The summed E-state index contributed by atoms with van der Waals surface area (Å²) in [4.78, 5) is 15.2. The number of nitrogens with zero attached hydrogens (tertiary/aromatic N) is 2. The third-order valence-corrected chi connectivity index (χ3v) is 10.7. The molecule has 1 aliphatic rings. The summed E-state index contributed by atoms with van der Waals surface area (Å²) < 4.78 is 68.0. The topological polar surface area (TPSA) is 143 Å². The zero-order valence-electron chi connectivity index (χ0n) is 24.5. The highest BCUT2D eigenvalue weighted by molar-refractivity contribution is 7.92.